The highest BCUT2D eigenvalue weighted by Crippen LogP contribution is 2.24. The van der Waals surface area contributed by atoms with Crippen molar-refractivity contribution >= 4 is 5.91 Å². The fraction of sp³-hybridized carbons (Fsp3) is 0.909. The summed E-state index contributed by atoms with van der Waals surface area (Å²) >= 11 is 0. The molecule has 0 aliphatic rings. The quantitative estimate of drug-likeness (QED) is 0.683. The fourth-order valence-electron chi connectivity index (χ4n) is 0.882. The summed E-state index contributed by atoms with van der Waals surface area (Å²) in [5.41, 5.74) is 5.49. The van der Waals surface area contributed by atoms with Crippen LogP contribution in [0.3, 0.4) is 0 Å². The summed E-state index contributed by atoms with van der Waals surface area (Å²) in [6, 6.07) is 0. The molecule has 14 heavy (non-hydrogen) atoms. The highest BCUT2D eigenvalue weighted by atomic mass is 16.1. The lowest BCUT2D eigenvalue weighted by atomic mass is 9.81. The van der Waals surface area contributed by atoms with Crippen LogP contribution < -0.4 is 11.1 Å². The molecule has 3 nitrogen and oxygen atoms in total. The van der Waals surface area contributed by atoms with Gasteiger partial charge in [-0.05, 0) is 24.3 Å². The Hall–Kier alpha value is -0.570. The Balaban J connectivity index is 3.76. The number of rotatable bonds is 6. The maximum Gasteiger partial charge on any atom is 0.220 e. The average Bonchev–Trinajstić information content (AvgIpc) is 2.11. The van der Waals surface area contributed by atoms with Crippen molar-refractivity contribution in [2.75, 3.05) is 13.1 Å². The molecule has 0 saturated carbocycles. The summed E-state index contributed by atoms with van der Waals surface area (Å²) in [4.78, 5) is 11.3. The highest BCUT2D eigenvalue weighted by molar-refractivity contribution is 5.75. The normalized spacial score (nSPS) is 11.9. The Morgan fingerprint density at radius 1 is 1.43 bits per heavy atom. The number of carbonyl (C=O) groups is 1. The van der Waals surface area contributed by atoms with Crippen LogP contribution in [-0.2, 0) is 4.79 Å². The molecule has 0 aliphatic heterocycles. The molecule has 0 aromatic carbocycles. The van der Waals surface area contributed by atoms with Crippen molar-refractivity contribution in [2.24, 2.45) is 17.1 Å². The van der Waals surface area contributed by atoms with Crippen molar-refractivity contribution in [3.63, 3.8) is 0 Å². The van der Waals surface area contributed by atoms with E-state index >= 15 is 0 Å². The topological polar surface area (TPSA) is 55.1 Å². The molecule has 0 spiro atoms. The van der Waals surface area contributed by atoms with Crippen LogP contribution in [0.25, 0.3) is 0 Å². The van der Waals surface area contributed by atoms with Gasteiger partial charge in [-0.1, -0.05) is 27.7 Å². The Morgan fingerprint density at radius 3 is 2.43 bits per heavy atom. The number of carbonyl (C=O) groups excluding carboxylic acids is 1. The van der Waals surface area contributed by atoms with Gasteiger partial charge in [0, 0.05) is 13.0 Å². The van der Waals surface area contributed by atoms with E-state index in [0.29, 0.717) is 18.9 Å². The molecule has 0 fully saturated rings. The zero-order valence-electron chi connectivity index (χ0n) is 9.89. The van der Waals surface area contributed by atoms with Gasteiger partial charge in [0.25, 0.3) is 0 Å². The van der Waals surface area contributed by atoms with E-state index in [9.17, 15) is 4.79 Å². The van der Waals surface area contributed by atoms with Crippen LogP contribution >= 0.6 is 0 Å². The first-order chi connectivity index (χ1) is 6.40. The molecule has 0 atom stereocenters. The fourth-order valence-corrected chi connectivity index (χ4v) is 0.882. The van der Waals surface area contributed by atoms with E-state index in [4.69, 9.17) is 5.73 Å². The molecule has 84 valence electrons. The molecule has 0 rings (SSSR count). The van der Waals surface area contributed by atoms with Gasteiger partial charge in [-0.3, -0.25) is 4.79 Å². The molecule has 0 radical (unpaired) electrons. The third-order valence-corrected chi connectivity index (χ3v) is 2.91. The van der Waals surface area contributed by atoms with E-state index in [-0.39, 0.29) is 11.3 Å². The molecule has 3 N–H and O–H groups in total. The van der Waals surface area contributed by atoms with Crippen LogP contribution in [-0.4, -0.2) is 19.0 Å². The van der Waals surface area contributed by atoms with Crippen LogP contribution in [0.2, 0.25) is 0 Å². The molecular weight excluding hydrogens is 176 g/mol. The van der Waals surface area contributed by atoms with Crippen molar-refractivity contribution in [1.29, 1.82) is 0 Å². The lowest BCUT2D eigenvalue weighted by Gasteiger charge is -2.29. The third kappa shape index (κ3) is 5.22. The van der Waals surface area contributed by atoms with Gasteiger partial charge < -0.3 is 11.1 Å². The predicted molar refractivity (Wildman–Crippen MR) is 59.9 cm³/mol. The van der Waals surface area contributed by atoms with Crippen LogP contribution in [0.15, 0.2) is 0 Å². The second-order valence-corrected chi connectivity index (χ2v) is 4.81. The van der Waals surface area contributed by atoms with Gasteiger partial charge in [-0.25, -0.2) is 0 Å². The Bertz CT molecular complexity index is 176. The number of nitrogens with one attached hydrogen (secondary N) is 1. The van der Waals surface area contributed by atoms with Crippen molar-refractivity contribution in [1.82, 2.24) is 5.32 Å². The summed E-state index contributed by atoms with van der Waals surface area (Å²) in [7, 11) is 0. The average molecular weight is 200 g/mol. The summed E-state index contributed by atoms with van der Waals surface area (Å²) < 4.78 is 0. The molecule has 0 aliphatic carbocycles. The van der Waals surface area contributed by atoms with Gasteiger partial charge >= 0.3 is 0 Å². The first kappa shape index (κ1) is 13.4. The van der Waals surface area contributed by atoms with Gasteiger partial charge in [-0.2, -0.15) is 0 Å². The SMILES string of the molecule is CC(C)C(C)(C)CNC(=O)CCCN. The smallest absolute Gasteiger partial charge is 0.220 e. The van der Waals surface area contributed by atoms with Gasteiger partial charge in [-0.15, -0.1) is 0 Å². The Morgan fingerprint density at radius 2 is 2.00 bits per heavy atom. The summed E-state index contributed by atoms with van der Waals surface area (Å²) in [6.07, 6.45) is 1.32. The standard InChI is InChI=1S/C11H24N2O/c1-9(2)11(3,4)8-13-10(14)6-5-7-12/h9H,5-8,12H2,1-4H3,(H,13,14). The number of hydrogen-bond donors (Lipinski definition) is 2. The van der Waals surface area contributed by atoms with E-state index in [1.807, 2.05) is 0 Å². The lowest BCUT2D eigenvalue weighted by molar-refractivity contribution is -0.121. The van der Waals surface area contributed by atoms with Gasteiger partial charge in [0.05, 0.1) is 0 Å². The second-order valence-electron chi connectivity index (χ2n) is 4.81. The molecule has 1 amide bonds. The minimum atomic E-state index is 0.115. The van der Waals surface area contributed by atoms with Crippen molar-refractivity contribution in [3.05, 3.63) is 0 Å². The van der Waals surface area contributed by atoms with E-state index in [0.717, 1.165) is 13.0 Å². The van der Waals surface area contributed by atoms with Gasteiger partial charge in [0.2, 0.25) is 5.91 Å². The number of hydrogen-bond acceptors (Lipinski definition) is 2. The Labute approximate surface area is 87.4 Å². The minimum Gasteiger partial charge on any atom is -0.356 e. The first-order valence-corrected chi connectivity index (χ1v) is 5.37. The number of amides is 1. The molecule has 3 heteroatoms. The van der Waals surface area contributed by atoms with Crippen molar-refractivity contribution < 1.29 is 4.79 Å². The molecular formula is C11H24N2O. The van der Waals surface area contributed by atoms with Crippen molar-refractivity contribution in [2.45, 2.75) is 40.5 Å². The summed E-state index contributed by atoms with van der Waals surface area (Å²) in [5, 5.41) is 2.94. The van der Waals surface area contributed by atoms with E-state index in [2.05, 4.69) is 33.0 Å². The van der Waals surface area contributed by atoms with Gasteiger partial charge in [0.1, 0.15) is 0 Å². The first-order valence-electron chi connectivity index (χ1n) is 5.37. The zero-order chi connectivity index (χ0) is 11.2. The minimum absolute atomic E-state index is 0.115. The predicted octanol–water partition coefficient (Wildman–Crippen LogP) is 1.52. The monoisotopic (exact) mass is 200 g/mol. The molecule has 0 aromatic heterocycles. The molecule has 0 heterocycles. The molecule has 0 unspecified atom stereocenters. The molecule has 0 aromatic rings. The zero-order valence-corrected chi connectivity index (χ0v) is 9.89. The maximum atomic E-state index is 11.3. The lowest BCUT2D eigenvalue weighted by Crippen LogP contribution is -2.37. The molecule has 0 saturated heterocycles. The highest BCUT2D eigenvalue weighted by Gasteiger charge is 2.22. The molecule has 0 bridgehead atoms. The number of nitrogens with two attached hydrogens (primary N) is 1. The second kappa shape index (κ2) is 6.02. The van der Waals surface area contributed by atoms with Gasteiger partial charge in [0.15, 0.2) is 0 Å². The Kier molecular flexibility index (Phi) is 5.77. The summed E-state index contributed by atoms with van der Waals surface area (Å²) in [6.45, 7) is 10.0. The van der Waals surface area contributed by atoms with Crippen LogP contribution in [0.4, 0.5) is 0 Å². The third-order valence-electron chi connectivity index (χ3n) is 2.91. The maximum absolute atomic E-state index is 11.3. The van der Waals surface area contributed by atoms with Crippen LogP contribution in [0, 0.1) is 11.3 Å². The summed E-state index contributed by atoms with van der Waals surface area (Å²) in [5.74, 6) is 0.682. The largest absolute Gasteiger partial charge is 0.356 e. The van der Waals surface area contributed by atoms with E-state index in [1.165, 1.54) is 0 Å². The van der Waals surface area contributed by atoms with Crippen LogP contribution in [0.5, 0.6) is 0 Å². The van der Waals surface area contributed by atoms with Crippen LogP contribution in [0.1, 0.15) is 40.5 Å². The van der Waals surface area contributed by atoms with Crippen molar-refractivity contribution in [3.8, 4) is 0 Å². The van der Waals surface area contributed by atoms with E-state index < -0.39 is 0 Å². The van der Waals surface area contributed by atoms with E-state index in [1.54, 1.807) is 0 Å².